The van der Waals surface area contributed by atoms with Crippen LogP contribution in [0.25, 0.3) is 0 Å². The number of ether oxygens (including phenoxy) is 1. The number of nitro groups is 1. The number of methoxy groups -OCH3 is 1. The van der Waals surface area contributed by atoms with Crippen LogP contribution in [-0.4, -0.2) is 34.7 Å². The van der Waals surface area contributed by atoms with Crippen LogP contribution in [0.3, 0.4) is 0 Å². The first-order chi connectivity index (χ1) is 7.97. The lowest BCUT2D eigenvalue weighted by atomic mass is 10.2. The van der Waals surface area contributed by atoms with Crippen LogP contribution in [0.5, 0.6) is 5.88 Å². The van der Waals surface area contributed by atoms with Gasteiger partial charge in [0.2, 0.25) is 5.69 Å². The molecule has 17 heavy (non-hydrogen) atoms. The number of amides is 1. The molecule has 8 heteroatoms. The molecule has 0 aliphatic rings. The second-order valence-electron chi connectivity index (χ2n) is 3.82. The van der Waals surface area contributed by atoms with E-state index in [9.17, 15) is 14.9 Å². The normalized spacial score (nSPS) is 10.4. The number of nitrogens with one attached hydrogen (secondary N) is 2. The number of H-pyrrole nitrogens is 1. The van der Waals surface area contributed by atoms with Gasteiger partial charge in [-0.05, 0) is 5.92 Å². The zero-order valence-corrected chi connectivity index (χ0v) is 9.81. The lowest BCUT2D eigenvalue weighted by molar-refractivity contribution is -0.386. The van der Waals surface area contributed by atoms with Gasteiger partial charge in [0.05, 0.1) is 12.0 Å². The molecule has 1 heterocycles. The maximum atomic E-state index is 11.7. The van der Waals surface area contributed by atoms with Crippen molar-refractivity contribution < 1.29 is 14.5 Å². The smallest absolute Gasteiger partial charge is 0.362 e. The molecule has 1 amide bonds. The number of hydrogen-bond donors (Lipinski definition) is 2. The number of carbonyl (C=O) groups excluding carboxylic acids is 1. The summed E-state index contributed by atoms with van der Waals surface area (Å²) in [6.45, 7) is 4.27. The average molecular weight is 242 g/mol. The summed E-state index contributed by atoms with van der Waals surface area (Å²) in [5.41, 5.74) is -0.652. The van der Waals surface area contributed by atoms with Crippen LogP contribution in [0.1, 0.15) is 24.3 Å². The van der Waals surface area contributed by atoms with Crippen molar-refractivity contribution >= 4 is 11.6 Å². The summed E-state index contributed by atoms with van der Waals surface area (Å²) >= 11 is 0. The molecule has 0 unspecified atom stereocenters. The van der Waals surface area contributed by atoms with Gasteiger partial charge in [-0.25, -0.2) is 0 Å². The van der Waals surface area contributed by atoms with Crippen molar-refractivity contribution in [2.24, 2.45) is 5.92 Å². The lowest BCUT2D eigenvalue weighted by Gasteiger charge is -2.05. The van der Waals surface area contributed by atoms with E-state index in [2.05, 4.69) is 15.5 Å². The highest BCUT2D eigenvalue weighted by molar-refractivity contribution is 5.97. The molecule has 0 aliphatic heterocycles. The minimum absolute atomic E-state index is 0.201. The fourth-order valence-electron chi connectivity index (χ4n) is 1.17. The topological polar surface area (TPSA) is 110 Å². The van der Waals surface area contributed by atoms with E-state index in [1.54, 1.807) is 0 Å². The molecule has 0 atom stereocenters. The minimum atomic E-state index is -0.702. The Morgan fingerprint density at radius 2 is 2.29 bits per heavy atom. The molecule has 8 nitrogen and oxygen atoms in total. The van der Waals surface area contributed by atoms with E-state index in [1.807, 2.05) is 13.8 Å². The quantitative estimate of drug-likeness (QED) is 0.583. The summed E-state index contributed by atoms with van der Waals surface area (Å²) < 4.78 is 4.70. The molecule has 0 radical (unpaired) electrons. The second kappa shape index (κ2) is 5.28. The Kier molecular flexibility index (Phi) is 4.02. The van der Waals surface area contributed by atoms with Gasteiger partial charge in [-0.2, -0.15) is 0 Å². The Bertz CT molecular complexity index is 427. The molecule has 0 saturated heterocycles. The molecule has 1 rings (SSSR count). The van der Waals surface area contributed by atoms with Crippen LogP contribution in [0.4, 0.5) is 5.69 Å². The van der Waals surface area contributed by atoms with Gasteiger partial charge in [0.25, 0.3) is 5.91 Å². The zero-order valence-electron chi connectivity index (χ0n) is 9.81. The summed E-state index contributed by atoms with van der Waals surface area (Å²) in [4.78, 5) is 21.8. The Labute approximate surface area is 97.5 Å². The number of aromatic nitrogens is 2. The monoisotopic (exact) mass is 242 g/mol. The Balaban J connectivity index is 2.94. The number of nitrogens with zero attached hydrogens (tertiary/aromatic N) is 2. The van der Waals surface area contributed by atoms with Crippen molar-refractivity contribution in [1.82, 2.24) is 15.5 Å². The van der Waals surface area contributed by atoms with Gasteiger partial charge in [0.15, 0.2) is 0 Å². The SMILES string of the molecule is COc1n[nH]c(C(=O)NCC(C)C)c1[N+](=O)[O-]. The molecule has 94 valence electrons. The van der Waals surface area contributed by atoms with Crippen molar-refractivity contribution in [3.63, 3.8) is 0 Å². The van der Waals surface area contributed by atoms with E-state index >= 15 is 0 Å². The highest BCUT2D eigenvalue weighted by Gasteiger charge is 2.29. The number of hydrogen-bond acceptors (Lipinski definition) is 5. The minimum Gasteiger partial charge on any atom is -0.475 e. The van der Waals surface area contributed by atoms with Gasteiger partial charge in [-0.15, -0.1) is 5.10 Å². The third-order valence-electron chi connectivity index (χ3n) is 1.98. The molecule has 1 aromatic rings. The molecule has 0 saturated carbocycles. The van der Waals surface area contributed by atoms with Crippen LogP contribution in [0.2, 0.25) is 0 Å². The number of aromatic amines is 1. The number of carbonyl (C=O) groups is 1. The van der Waals surface area contributed by atoms with Gasteiger partial charge < -0.3 is 10.1 Å². The molecular formula is C9H14N4O4. The average Bonchev–Trinajstić information content (AvgIpc) is 2.69. The standard InChI is InChI=1S/C9H14N4O4/c1-5(2)4-10-8(14)6-7(13(15)16)9(17-3)12-11-6/h5H,4H2,1-3H3,(H,10,14)(H,11,12). The van der Waals surface area contributed by atoms with E-state index in [0.29, 0.717) is 6.54 Å². The molecule has 0 fully saturated rings. The van der Waals surface area contributed by atoms with Crippen molar-refractivity contribution in [2.45, 2.75) is 13.8 Å². The van der Waals surface area contributed by atoms with Crippen LogP contribution in [0.15, 0.2) is 0 Å². The van der Waals surface area contributed by atoms with Crippen LogP contribution >= 0.6 is 0 Å². The summed E-state index contributed by atoms with van der Waals surface area (Å²) in [5, 5.41) is 19.2. The van der Waals surface area contributed by atoms with Gasteiger partial charge >= 0.3 is 11.6 Å². The van der Waals surface area contributed by atoms with E-state index < -0.39 is 16.5 Å². The summed E-state index contributed by atoms with van der Waals surface area (Å²) in [6.07, 6.45) is 0. The van der Waals surface area contributed by atoms with Crippen molar-refractivity contribution in [1.29, 1.82) is 0 Å². The van der Waals surface area contributed by atoms with Crippen molar-refractivity contribution in [3.8, 4) is 5.88 Å². The van der Waals surface area contributed by atoms with Crippen LogP contribution in [-0.2, 0) is 0 Å². The Hall–Kier alpha value is -2.12. The summed E-state index contributed by atoms with van der Waals surface area (Å²) in [7, 11) is 1.25. The molecule has 0 spiro atoms. The van der Waals surface area contributed by atoms with Crippen molar-refractivity contribution in [2.75, 3.05) is 13.7 Å². The van der Waals surface area contributed by atoms with E-state index in [-0.39, 0.29) is 17.5 Å². The first-order valence-electron chi connectivity index (χ1n) is 5.02. The molecular weight excluding hydrogens is 228 g/mol. The molecule has 2 N–H and O–H groups in total. The van der Waals surface area contributed by atoms with Crippen LogP contribution in [0, 0.1) is 16.0 Å². The summed E-state index contributed by atoms with van der Waals surface area (Å²) in [6, 6.07) is 0. The maximum absolute atomic E-state index is 11.7. The maximum Gasteiger partial charge on any atom is 0.362 e. The zero-order chi connectivity index (χ0) is 13.0. The first kappa shape index (κ1) is 12.9. The van der Waals surface area contributed by atoms with Crippen LogP contribution < -0.4 is 10.1 Å². The first-order valence-corrected chi connectivity index (χ1v) is 5.02. The third-order valence-corrected chi connectivity index (χ3v) is 1.98. The highest BCUT2D eigenvalue weighted by atomic mass is 16.6. The largest absolute Gasteiger partial charge is 0.475 e. The van der Waals surface area contributed by atoms with E-state index in [0.717, 1.165) is 0 Å². The summed E-state index contributed by atoms with van der Waals surface area (Å²) in [5.74, 6) is -0.520. The van der Waals surface area contributed by atoms with Gasteiger partial charge in [0, 0.05) is 6.54 Å². The lowest BCUT2D eigenvalue weighted by Crippen LogP contribution is -2.28. The van der Waals surface area contributed by atoms with Gasteiger partial charge in [-0.3, -0.25) is 20.0 Å². The number of rotatable bonds is 5. The van der Waals surface area contributed by atoms with E-state index in [1.165, 1.54) is 7.11 Å². The Morgan fingerprint density at radius 1 is 1.65 bits per heavy atom. The second-order valence-corrected chi connectivity index (χ2v) is 3.82. The highest BCUT2D eigenvalue weighted by Crippen LogP contribution is 2.27. The molecule has 0 aromatic carbocycles. The third kappa shape index (κ3) is 2.92. The fourth-order valence-corrected chi connectivity index (χ4v) is 1.17. The molecule has 0 bridgehead atoms. The molecule has 1 aromatic heterocycles. The predicted molar refractivity (Wildman–Crippen MR) is 59.0 cm³/mol. The van der Waals surface area contributed by atoms with Crippen molar-refractivity contribution in [3.05, 3.63) is 15.8 Å². The van der Waals surface area contributed by atoms with Gasteiger partial charge in [0.1, 0.15) is 0 Å². The van der Waals surface area contributed by atoms with Gasteiger partial charge in [-0.1, -0.05) is 13.8 Å². The molecule has 0 aliphatic carbocycles. The predicted octanol–water partition coefficient (Wildman–Crippen LogP) is 0.712. The fraction of sp³-hybridized carbons (Fsp3) is 0.556. The Morgan fingerprint density at radius 3 is 2.76 bits per heavy atom. The van der Waals surface area contributed by atoms with E-state index in [4.69, 9.17) is 4.74 Å².